The number of amides is 1. The molecule has 0 bridgehead atoms. The van der Waals surface area contributed by atoms with Crippen molar-refractivity contribution in [2.75, 3.05) is 18.1 Å². The molecule has 1 aliphatic rings. The maximum atomic E-state index is 13.9. The number of thioether (sulfide) groups is 1. The molecule has 1 amide bonds. The molecule has 4 heterocycles. The van der Waals surface area contributed by atoms with Crippen molar-refractivity contribution in [2.24, 2.45) is 5.92 Å². The van der Waals surface area contributed by atoms with Crippen LogP contribution in [0.15, 0.2) is 76.8 Å². The van der Waals surface area contributed by atoms with Gasteiger partial charge in [-0.05, 0) is 73.7 Å². The number of hydrogen-bond donors (Lipinski definition) is 1. The number of carbonyl (C=O) groups excluding carboxylic acids is 2. The van der Waals surface area contributed by atoms with Crippen LogP contribution >= 0.6 is 34.7 Å². The number of ether oxygens (including phenoxy) is 2. The van der Waals surface area contributed by atoms with Gasteiger partial charge in [0.2, 0.25) is 5.13 Å². The van der Waals surface area contributed by atoms with Crippen LogP contribution in [-0.4, -0.2) is 49.6 Å². The molecular weight excluding hydrogens is 670 g/mol. The first kappa shape index (κ1) is 33.5. The smallest absolute Gasteiger partial charge is 0.301 e. The van der Waals surface area contributed by atoms with E-state index in [9.17, 15) is 14.7 Å². The van der Waals surface area contributed by atoms with Gasteiger partial charge in [0.1, 0.15) is 11.3 Å². The van der Waals surface area contributed by atoms with E-state index in [1.54, 1.807) is 47.9 Å². The number of nitrogens with zero attached hydrogens (tertiary/aromatic N) is 5. The van der Waals surface area contributed by atoms with Gasteiger partial charge in [-0.25, -0.2) is 4.98 Å². The molecule has 0 spiro atoms. The van der Waals surface area contributed by atoms with Crippen molar-refractivity contribution >= 4 is 62.9 Å². The van der Waals surface area contributed by atoms with Gasteiger partial charge in [-0.2, -0.15) is 0 Å². The number of imidazole rings is 1. The summed E-state index contributed by atoms with van der Waals surface area (Å²) in [5.41, 5.74) is 2.91. The molecule has 0 aliphatic carbocycles. The van der Waals surface area contributed by atoms with Gasteiger partial charge < -0.3 is 14.6 Å². The normalized spacial score (nSPS) is 16.0. The van der Waals surface area contributed by atoms with Crippen molar-refractivity contribution in [1.29, 1.82) is 0 Å². The molecule has 48 heavy (non-hydrogen) atoms. The number of fused-ring (bicyclic) bond motifs is 1. The molecule has 5 aromatic rings. The second-order valence-electron chi connectivity index (χ2n) is 11.6. The number of anilines is 1. The highest BCUT2D eigenvalue weighted by Gasteiger charge is 2.49. The SMILES string of the molecule is CCOc1cc(C2/C(=C(\O)c3c(C)nc4ccccn34)C(=O)C(=O)N2c2nnc(SCc3ccc(Cl)cc3)s2)ccc1OCCC(C)C. The van der Waals surface area contributed by atoms with Crippen LogP contribution in [0.5, 0.6) is 11.5 Å². The lowest BCUT2D eigenvalue weighted by atomic mass is 9.96. The van der Waals surface area contributed by atoms with Gasteiger partial charge in [-0.1, -0.05) is 72.8 Å². The predicted octanol–water partition coefficient (Wildman–Crippen LogP) is 7.89. The highest BCUT2D eigenvalue weighted by atomic mass is 35.5. The number of hydrogen-bond acceptors (Lipinski definition) is 10. The van der Waals surface area contributed by atoms with Gasteiger partial charge in [0.15, 0.2) is 21.6 Å². The van der Waals surface area contributed by atoms with Gasteiger partial charge >= 0.3 is 5.91 Å². The minimum absolute atomic E-state index is 0.0877. The van der Waals surface area contributed by atoms with Crippen LogP contribution in [-0.2, 0) is 15.3 Å². The van der Waals surface area contributed by atoms with Crippen molar-refractivity contribution in [2.45, 2.75) is 50.3 Å². The fourth-order valence-corrected chi connectivity index (χ4v) is 7.39. The van der Waals surface area contributed by atoms with Crippen LogP contribution in [0.3, 0.4) is 0 Å². The number of aliphatic hydroxyl groups is 1. The molecule has 1 fully saturated rings. The van der Waals surface area contributed by atoms with E-state index in [-0.39, 0.29) is 16.5 Å². The third-order valence-electron chi connectivity index (χ3n) is 7.79. The minimum Gasteiger partial charge on any atom is -0.505 e. The molecule has 0 saturated carbocycles. The molecule has 248 valence electrons. The fourth-order valence-electron chi connectivity index (χ4n) is 5.44. The second kappa shape index (κ2) is 14.4. The Morgan fingerprint density at radius 1 is 1.06 bits per heavy atom. The number of pyridine rings is 1. The fraction of sp³-hybridized carbons (Fsp3) is 0.286. The Labute approximate surface area is 291 Å². The Bertz CT molecular complexity index is 2010. The third kappa shape index (κ3) is 6.78. The molecule has 1 atom stereocenters. The number of Topliss-reactive ketones (excluding diaryl/α,β-unsaturated/α-hetero) is 1. The summed E-state index contributed by atoms with van der Waals surface area (Å²) in [4.78, 5) is 33.7. The Kier molecular flexibility index (Phi) is 10.0. The van der Waals surface area contributed by atoms with Crippen LogP contribution in [0, 0.1) is 12.8 Å². The van der Waals surface area contributed by atoms with E-state index in [1.165, 1.54) is 28.0 Å². The molecule has 3 aromatic heterocycles. The summed E-state index contributed by atoms with van der Waals surface area (Å²) in [7, 11) is 0. The van der Waals surface area contributed by atoms with Crippen LogP contribution in [0.25, 0.3) is 11.4 Å². The zero-order chi connectivity index (χ0) is 33.9. The molecule has 1 N–H and O–H groups in total. The summed E-state index contributed by atoms with van der Waals surface area (Å²) < 4.78 is 14.4. The van der Waals surface area contributed by atoms with E-state index in [4.69, 9.17) is 21.1 Å². The largest absolute Gasteiger partial charge is 0.505 e. The van der Waals surface area contributed by atoms with Gasteiger partial charge in [-0.3, -0.25) is 18.9 Å². The molecule has 0 radical (unpaired) electrons. The van der Waals surface area contributed by atoms with Crippen LogP contribution in [0.2, 0.25) is 5.02 Å². The second-order valence-corrected chi connectivity index (χ2v) is 14.2. The first-order chi connectivity index (χ1) is 23.2. The Hall–Kier alpha value is -4.39. The van der Waals surface area contributed by atoms with Gasteiger partial charge in [-0.15, -0.1) is 10.2 Å². The maximum absolute atomic E-state index is 13.9. The van der Waals surface area contributed by atoms with Gasteiger partial charge in [0.25, 0.3) is 5.78 Å². The number of aromatic nitrogens is 4. The zero-order valence-electron chi connectivity index (χ0n) is 26.8. The number of rotatable bonds is 12. The first-order valence-electron chi connectivity index (χ1n) is 15.5. The van der Waals surface area contributed by atoms with Crippen molar-refractivity contribution in [3.05, 3.63) is 100.0 Å². The third-order valence-corrected chi connectivity index (χ3v) is 10.2. The summed E-state index contributed by atoms with van der Waals surface area (Å²) >= 11 is 8.69. The van der Waals surface area contributed by atoms with E-state index in [0.717, 1.165) is 12.0 Å². The number of aliphatic hydroxyl groups excluding tert-OH is 1. The predicted molar refractivity (Wildman–Crippen MR) is 188 cm³/mol. The van der Waals surface area contributed by atoms with Crippen molar-refractivity contribution < 1.29 is 24.2 Å². The van der Waals surface area contributed by atoms with Crippen LogP contribution in [0.4, 0.5) is 5.13 Å². The molecule has 6 rings (SSSR count). The monoisotopic (exact) mass is 703 g/mol. The lowest BCUT2D eigenvalue weighted by Crippen LogP contribution is -2.29. The Morgan fingerprint density at radius 2 is 1.85 bits per heavy atom. The molecule has 1 aliphatic heterocycles. The molecule has 13 heteroatoms. The van der Waals surface area contributed by atoms with E-state index in [1.807, 2.05) is 37.3 Å². The molecular formula is C35H34ClN5O5S2. The molecule has 10 nitrogen and oxygen atoms in total. The standard InChI is InChI=1S/C35H34ClN5O5S2/c1-5-45-26-18-23(11-14-25(26)46-17-15-20(2)3)30-28(31(42)29-21(4)37-27-8-6-7-16-40(27)29)32(43)33(44)41(30)34-38-39-35(48-34)47-19-22-9-12-24(36)13-10-22/h6-14,16,18,20,30,42H,5,15,17,19H2,1-4H3/b31-28+. The van der Waals surface area contributed by atoms with E-state index >= 15 is 0 Å². The summed E-state index contributed by atoms with van der Waals surface area (Å²) in [5.74, 6) is 0.0759. The summed E-state index contributed by atoms with van der Waals surface area (Å²) in [5, 5.41) is 21.5. The first-order valence-corrected chi connectivity index (χ1v) is 17.7. The quantitative estimate of drug-likeness (QED) is 0.0455. The number of ketones is 1. The van der Waals surface area contributed by atoms with E-state index < -0.39 is 17.7 Å². The van der Waals surface area contributed by atoms with E-state index in [2.05, 4.69) is 29.0 Å². The van der Waals surface area contributed by atoms with Gasteiger partial charge in [0, 0.05) is 17.0 Å². The highest BCUT2D eigenvalue weighted by Crippen LogP contribution is 2.46. The number of aryl methyl sites for hydroxylation is 1. The van der Waals surface area contributed by atoms with E-state index in [0.29, 0.717) is 68.3 Å². The lowest BCUT2D eigenvalue weighted by Gasteiger charge is -2.23. The number of benzene rings is 2. The van der Waals surface area contributed by atoms with Crippen molar-refractivity contribution in [3.63, 3.8) is 0 Å². The average molecular weight is 704 g/mol. The highest BCUT2D eigenvalue weighted by molar-refractivity contribution is 8.00. The number of carbonyl (C=O) groups is 2. The van der Waals surface area contributed by atoms with Crippen LogP contribution in [0.1, 0.15) is 55.7 Å². The van der Waals surface area contributed by atoms with Crippen molar-refractivity contribution in [3.8, 4) is 11.5 Å². The zero-order valence-corrected chi connectivity index (χ0v) is 29.2. The minimum atomic E-state index is -1.04. The summed E-state index contributed by atoms with van der Waals surface area (Å²) in [6, 6.07) is 17.2. The average Bonchev–Trinajstić information content (AvgIpc) is 3.74. The molecule has 2 aromatic carbocycles. The Morgan fingerprint density at radius 3 is 2.60 bits per heavy atom. The molecule has 1 unspecified atom stereocenters. The van der Waals surface area contributed by atoms with Crippen LogP contribution < -0.4 is 14.4 Å². The van der Waals surface area contributed by atoms with Crippen molar-refractivity contribution in [1.82, 2.24) is 19.6 Å². The summed E-state index contributed by atoms with van der Waals surface area (Å²) in [6.07, 6.45) is 2.61. The topological polar surface area (TPSA) is 119 Å². The lowest BCUT2D eigenvalue weighted by molar-refractivity contribution is -0.132. The Balaban J connectivity index is 1.44. The summed E-state index contributed by atoms with van der Waals surface area (Å²) in [6.45, 7) is 8.74. The number of halogens is 1. The maximum Gasteiger partial charge on any atom is 0.301 e. The molecule has 1 saturated heterocycles. The van der Waals surface area contributed by atoms with Gasteiger partial charge in [0.05, 0.1) is 30.5 Å².